The molecule has 364 valence electrons. The van der Waals surface area contributed by atoms with Gasteiger partial charge in [-0.25, -0.2) is 30.6 Å². The summed E-state index contributed by atoms with van der Waals surface area (Å²) in [6, 6.07) is 4.80. The lowest BCUT2D eigenvalue weighted by molar-refractivity contribution is -0.143. The van der Waals surface area contributed by atoms with E-state index in [1.807, 2.05) is 0 Å². The van der Waals surface area contributed by atoms with Gasteiger partial charge in [-0.05, 0) is 74.4 Å². The Morgan fingerprint density at radius 3 is 2.18 bits per heavy atom. The Bertz CT molecular complexity index is 3200. The van der Waals surface area contributed by atoms with E-state index >= 15 is 8.78 Å². The average molecular weight is 1030 g/mol. The summed E-state index contributed by atoms with van der Waals surface area (Å²) in [6.45, 7) is -1.75. The molecule has 3 heterocycles. The molecule has 1 unspecified atom stereocenters. The fourth-order valence-electron chi connectivity index (χ4n) is 7.94. The second kappa shape index (κ2) is 17.0. The summed E-state index contributed by atoms with van der Waals surface area (Å²) in [6.07, 6.45) is -9.87. The highest BCUT2D eigenvalue weighted by Crippen LogP contribution is 2.68. The Morgan fingerprint density at radius 2 is 1.60 bits per heavy atom. The van der Waals surface area contributed by atoms with Crippen LogP contribution in [0.3, 0.4) is 0 Å². The number of sulfonamides is 1. The number of hydrogen-bond acceptors (Lipinski definition) is 10. The van der Waals surface area contributed by atoms with Gasteiger partial charge in [0, 0.05) is 34.9 Å². The third kappa shape index (κ3) is 9.61. The van der Waals surface area contributed by atoms with Gasteiger partial charge in [-0.2, -0.15) is 49.6 Å². The quantitative estimate of drug-likeness (QED) is 0.102. The minimum atomic E-state index is -5.21. The van der Waals surface area contributed by atoms with Crippen molar-refractivity contribution in [1.29, 1.82) is 0 Å². The minimum absolute atomic E-state index is 0.0317. The maximum Gasteiger partial charge on any atom is 0.435 e. The molecule has 2 aromatic carbocycles. The van der Waals surface area contributed by atoms with Crippen molar-refractivity contribution in [3.8, 4) is 23.0 Å². The molecule has 2 aliphatic carbocycles. The number of fused-ring (bicyclic) bond motifs is 4. The van der Waals surface area contributed by atoms with Crippen molar-refractivity contribution in [1.82, 2.24) is 29.9 Å². The zero-order valence-corrected chi connectivity index (χ0v) is 37.9. The molecule has 68 heavy (non-hydrogen) atoms. The second-order valence-electron chi connectivity index (χ2n) is 16.6. The lowest BCUT2D eigenvalue weighted by Gasteiger charge is -2.23. The van der Waals surface area contributed by atoms with Crippen molar-refractivity contribution in [3.63, 3.8) is 0 Å². The normalized spacial score (nSPS) is 17.3. The third-order valence-corrected chi connectivity index (χ3v) is 14.5. The molecule has 0 radical (unpaired) electrons. The summed E-state index contributed by atoms with van der Waals surface area (Å²) in [5, 5.41) is 8.62. The van der Waals surface area contributed by atoms with Gasteiger partial charge in [0.15, 0.2) is 21.3 Å². The number of pyridine rings is 1. The van der Waals surface area contributed by atoms with Crippen LogP contribution >= 0.6 is 11.6 Å². The number of alkyl halides is 8. The van der Waals surface area contributed by atoms with E-state index in [-0.39, 0.29) is 42.5 Å². The summed E-state index contributed by atoms with van der Waals surface area (Å²) >= 11 is 6.54. The Kier molecular flexibility index (Phi) is 12.5. The number of sulfone groups is 1. The standard InChI is InChI=1S/C41H35ClF10N8O6S2/c1-38(2,67(3,63)64)10-9-22-5-6-23(24-7-8-27(42)32-34(24)59(18-39(45,46)47)57-37(32)60(30(62)16-53)68(4,65)66)33(54-22)28(13-19-11-20(43)14-21(44)12-19)55-29(61)17-58-36-31(35(56-58)41(50,51)52)25-15-26(25)40(36,48)49/h5-8,11-12,14,25-26,28H,13,15-18,53H2,1-4H3,(H,55,61)/t25-,26+,28?/m0/s1. The predicted molar refractivity (Wildman–Crippen MR) is 224 cm³/mol. The number of halogens is 11. The SMILES string of the molecule is CC(C)(C#Cc1ccc(-c2ccc(Cl)c3c(N(C(=O)CN)S(C)(=O)=O)nn(CC(F)(F)F)c23)c(C(Cc2cc(F)cc(F)c2)NC(=O)Cn2nc(C(F)(F)F)c3c2C(F)(F)[C@@H]2C[C@H]32)n1)S(C)(=O)=O. The molecule has 3 N–H and O–H groups in total. The first kappa shape index (κ1) is 50.1. The van der Waals surface area contributed by atoms with E-state index < -0.39 is 155 Å². The van der Waals surface area contributed by atoms with Crippen LogP contribution in [0.25, 0.3) is 22.0 Å². The Hall–Kier alpha value is -5.78. The van der Waals surface area contributed by atoms with Crippen molar-refractivity contribution in [2.75, 3.05) is 23.4 Å². The number of carbonyl (C=O) groups excluding carboxylic acids is 2. The van der Waals surface area contributed by atoms with Crippen molar-refractivity contribution < 1.29 is 70.3 Å². The van der Waals surface area contributed by atoms with E-state index in [0.29, 0.717) is 12.3 Å². The molecule has 0 spiro atoms. The van der Waals surface area contributed by atoms with Crippen LogP contribution in [0.5, 0.6) is 0 Å². The Labute approximate surface area is 384 Å². The summed E-state index contributed by atoms with van der Waals surface area (Å²) in [5.74, 6) is -7.30. The molecule has 14 nitrogen and oxygen atoms in total. The highest BCUT2D eigenvalue weighted by molar-refractivity contribution is 7.93. The van der Waals surface area contributed by atoms with Crippen molar-refractivity contribution in [2.45, 2.75) is 74.8 Å². The molecule has 0 bridgehead atoms. The summed E-state index contributed by atoms with van der Waals surface area (Å²) in [7, 11) is -8.60. The summed E-state index contributed by atoms with van der Waals surface area (Å²) < 4.78 is 196. The van der Waals surface area contributed by atoms with Gasteiger partial charge < -0.3 is 11.1 Å². The van der Waals surface area contributed by atoms with Crippen LogP contribution in [-0.2, 0) is 61.1 Å². The van der Waals surface area contributed by atoms with Gasteiger partial charge in [-0.1, -0.05) is 23.6 Å². The van der Waals surface area contributed by atoms with E-state index in [2.05, 4.69) is 32.3 Å². The monoisotopic (exact) mass is 1020 g/mol. The van der Waals surface area contributed by atoms with Crippen LogP contribution in [0.1, 0.15) is 66.1 Å². The molecule has 1 saturated carbocycles. The maximum absolute atomic E-state index is 15.5. The Balaban J connectivity index is 1.49. The summed E-state index contributed by atoms with van der Waals surface area (Å²) in [4.78, 5) is 31.6. The first-order valence-corrected chi connectivity index (χ1v) is 23.9. The number of hydrogen-bond donors (Lipinski definition) is 2. The van der Waals surface area contributed by atoms with Gasteiger partial charge in [-0.15, -0.1) is 0 Å². The number of anilines is 1. The number of carbonyl (C=O) groups is 2. The number of amides is 2. The van der Waals surface area contributed by atoms with Gasteiger partial charge in [0.25, 0.3) is 11.8 Å². The number of benzene rings is 2. The lowest BCUT2D eigenvalue weighted by Crippen LogP contribution is -2.40. The highest BCUT2D eigenvalue weighted by atomic mass is 35.5. The zero-order valence-electron chi connectivity index (χ0n) is 35.5. The van der Waals surface area contributed by atoms with Crippen LogP contribution in [0.15, 0.2) is 42.5 Å². The number of nitrogens with one attached hydrogen (secondary N) is 1. The number of aromatic nitrogens is 5. The number of rotatable bonds is 12. The van der Waals surface area contributed by atoms with E-state index in [1.54, 1.807) is 0 Å². The smallest absolute Gasteiger partial charge is 0.346 e. The largest absolute Gasteiger partial charge is 0.435 e. The average Bonchev–Trinajstić information content (AvgIpc) is 3.71. The molecule has 1 fully saturated rings. The topological polar surface area (TPSA) is 192 Å². The fourth-order valence-corrected chi connectivity index (χ4v) is 9.30. The molecule has 27 heteroatoms. The third-order valence-electron chi connectivity index (χ3n) is 11.2. The van der Waals surface area contributed by atoms with E-state index in [1.165, 1.54) is 13.8 Å². The van der Waals surface area contributed by atoms with Crippen LogP contribution < -0.4 is 15.4 Å². The molecule has 3 aromatic heterocycles. The molecule has 0 aliphatic heterocycles. The molecule has 7 rings (SSSR count). The molecule has 5 aromatic rings. The minimum Gasteiger partial charge on any atom is -0.346 e. The first-order valence-electron chi connectivity index (χ1n) is 19.8. The first-order chi connectivity index (χ1) is 31.2. The molecule has 0 saturated heterocycles. The van der Waals surface area contributed by atoms with Crippen LogP contribution in [0.2, 0.25) is 5.02 Å². The van der Waals surface area contributed by atoms with Crippen molar-refractivity contribution in [3.05, 3.63) is 93.0 Å². The highest BCUT2D eigenvalue weighted by Gasteiger charge is 2.68. The maximum atomic E-state index is 15.5. The lowest BCUT2D eigenvalue weighted by atomic mass is 9.93. The Morgan fingerprint density at radius 1 is 0.971 bits per heavy atom. The van der Waals surface area contributed by atoms with Gasteiger partial charge in [-0.3, -0.25) is 19.0 Å². The zero-order chi connectivity index (χ0) is 50.4. The van der Waals surface area contributed by atoms with E-state index in [9.17, 15) is 61.5 Å². The molecule has 2 aliphatic rings. The fraction of sp³-hybridized carbons (Fsp3) is 0.390. The van der Waals surface area contributed by atoms with E-state index in [4.69, 9.17) is 17.3 Å². The van der Waals surface area contributed by atoms with Crippen LogP contribution in [0, 0.1) is 29.4 Å². The van der Waals surface area contributed by atoms with Gasteiger partial charge in [0.05, 0.1) is 40.5 Å². The second-order valence-corrected chi connectivity index (χ2v) is 21.4. The molecular weight excluding hydrogens is 990 g/mol. The van der Waals surface area contributed by atoms with Gasteiger partial charge >= 0.3 is 12.4 Å². The number of nitrogens with zero attached hydrogens (tertiary/aromatic N) is 6. The molecule has 3 atom stereocenters. The van der Waals surface area contributed by atoms with Crippen molar-refractivity contribution >= 4 is 60.0 Å². The van der Waals surface area contributed by atoms with Crippen LogP contribution in [0.4, 0.5) is 49.7 Å². The number of nitrogens with two attached hydrogens (primary N) is 1. The predicted octanol–water partition coefficient (Wildman–Crippen LogP) is 6.54. The van der Waals surface area contributed by atoms with E-state index in [0.717, 1.165) is 42.7 Å². The van der Waals surface area contributed by atoms with Gasteiger partial charge in [0.2, 0.25) is 15.9 Å². The molecule has 2 amide bonds. The summed E-state index contributed by atoms with van der Waals surface area (Å²) in [5.41, 5.74) is -0.328. The van der Waals surface area contributed by atoms with Gasteiger partial charge in [0.1, 0.15) is 40.9 Å². The molecular formula is C41H35ClF10N8O6S2. The van der Waals surface area contributed by atoms with Crippen molar-refractivity contribution in [2.24, 2.45) is 11.7 Å². The van der Waals surface area contributed by atoms with Crippen LogP contribution in [-0.4, -0.2) is 83.2 Å².